The Labute approximate surface area is 158 Å². The summed E-state index contributed by atoms with van der Waals surface area (Å²) >= 11 is 0. The second-order valence-electron chi connectivity index (χ2n) is 7.12. The number of alkyl halides is 3. The van der Waals surface area contributed by atoms with Crippen molar-refractivity contribution in [1.82, 2.24) is 25.9 Å². The third-order valence-electron chi connectivity index (χ3n) is 4.58. The van der Waals surface area contributed by atoms with Crippen molar-refractivity contribution in [2.24, 2.45) is 0 Å². The maximum atomic E-state index is 12.6. The smallest absolute Gasteiger partial charge is 0.351 e. The monoisotopic (exact) mass is 393 g/mol. The minimum absolute atomic E-state index is 0.0679. The summed E-state index contributed by atoms with van der Waals surface area (Å²) in [4.78, 5) is 15.7. The van der Waals surface area contributed by atoms with Gasteiger partial charge in [0, 0.05) is 17.8 Å². The lowest BCUT2D eigenvalue weighted by Crippen LogP contribution is -2.54. The topological polar surface area (TPSA) is 83.3 Å². The SMILES string of the molecule is CC1(C(=O)NC2CC2)C=CN(Cc2ccc(-c3noc(C(F)(F)F)n3)cc2)N1. The molecule has 2 aromatic rings. The van der Waals surface area contributed by atoms with Crippen LogP contribution in [0.4, 0.5) is 13.2 Å². The maximum absolute atomic E-state index is 12.6. The highest BCUT2D eigenvalue weighted by molar-refractivity contribution is 5.88. The summed E-state index contributed by atoms with van der Waals surface area (Å²) in [6.07, 6.45) is 0.975. The van der Waals surface area contributed by atoms with Crippen LogP contribution in [0.5, 0.6) is 0 Å². The second-order valence-corrected chi connectivity index (χ2v) is 7.12. The average Bonchev–Trinajstić information content (AvgIpc) is 3.16. The fourth-order valence-electron chi connectivity index (χ4n) is 2.81. The zero-order valence-corrected chi connectivity index (χ0v) is 15.0. The van der Waals surface area contributed by atoms with Gasteiger partial charge in [-0.2, -0.15) is 18.2 Å². The van der Waals surface area contributed by atoms with E-state index < -0.39 is 17.6 Å². The van der Waals surface area contributed by atoms with Crippen LogP contribution in [-0.4, -0.2) is 32.6 Å². The average molecular weight is 393 g/mol. The van der Waals surface area contributed by atoms with Gasteiger partial charge in [-0.3, -0.25) is 4.79 Å². The van der Waals surface area contributed by atoms with E-state index in [0.29, 0.717) is 12.1 Å². The number of nitrogens with zero attached hydrogens (tertiary/aromatic N) is 3. The van der Waals surface area contributed by atoms with Crippen LogP contribution in [0, 0.1) is 0 Å². The standard InChI is InChI=1S/C18H18F3N5O2/c1-17(15(27)22-13-6-7-13)8-9-26(25-17)10-11-2-4-12(5-3-11)14-23-16(28-24-14)18(19,20)21/h2-5,8-9,13,25H,6-7,10H2,1H3,(H,22,27). The fourth-order valence-corrected chi connectivity index (χ4v) is 2.81. The zero-order valence-electron chi connectivity index (χ0n) is 15.0. The zero-order chi connectivity index (χ0) is 19.9. The number of hydrogen-bond acceptors (Lipinski definition) is 6. The van der Waals surface area contributed by atoms with Gasteiger partial charge in [-0.15, -0.1) is 0 Å². The summed E-state index contributed by atoms with van der Waals surface area (Å²) in [5, 5.41) is 8.13. The molecule has 10 heteroatoms. The van der Waals surface area contributed by atoms with E-state index in [4.69, 9.17) is 0 Å². The van der Waals surface area contributed by atoms with E-state index in [1.54, 1.807) is 48.5 Å². The minimum Gasteiger partial charge on any atom is -0.351 e. The normalized spacial score (nSPS) is 21.9. The second kappa shape index (κ2) is 6.62. The van der Waals surface area contributed by atoms with Crippen molar-refractivity contribution in [3.8, 4) is 11.4 Å². The summed E-state index contributed by atoms with van der Waals surface area (Å²) in [6.45, 7) is 2.28. The van der Waals surface area contributed by atoms with Crippen molar-refractivity contribution >= 4 is 5.91 Å². The molecule has 1 unspecified atom stereocenters. The van der Waals surface area contributed by atoms with E-state index in [-0.39, 0.29) is 17.8 Å². The first-order valence-corrected chi connectivity index (χ1v) is 8.78. The van der Waals surface area contributed by atoms with Crippen LogP contribution in [0.15, 0.2) is 41.1 Å². The number of nitrogens with one attached hydrogen (secondary N) is 2. The number of halogens is 3. The molecule has 2 heterocycles. The molecule has 2 N–H and O–H groups in total. The van der Waals surface area contributed by atoms with Crippen LogP contribution in [0.1, 0.15) is 31.2 Å². The summed E-state index contributed by atoms with van der Waals surface area (Å²) in [7, 11) is 0. The molecule has 0 saturated heterocycles. The Kier molecular flexibility index (Phi) is 4.37. The van der Waals surface area contributed by atoms with Crippen LogP contribution >= 0.6 is 0 Å². The largest absolute Gasteiger partial charge is 0.471 e. The van der Waals surface area contributed by atoms with E-state index >= 15 is 0 Å². The van der Waals surface area contributed by atoms with E-state index in [1.165, 1.54) is 0 Å². The third kappa shape index (κ3) is 3.86. The highest BCUT2D eigenvalue weighted by Gasteiger charge is 2.39. The Morgan fingerprint density at radius 2 is 2.07 bits per heavy atom. The number of carbonyl (C=O) groups excluding carboxylic acids is 1. The predicted molar refractivity (Wildman–Crippen MR) is 92.1 cm³/mol. The molecule has 4 rings (SSSR count). The highest BCUT2D eigenvalue weighted by atomic mass is 19.4. The number of hydrogen-bond donors (Lipinski definition) is 2. The quantitative estimate of drug-likeness (QED) is 0.813. The van der Waals surface area contributed by atoms with Gasteiger partial charge in [-0.1, -0.05) is 29.4 Å². The van der Waals surface area contributed by atoms with Gasteiger partial charge in [0.15, 0.2) is 0 Å². The fraction of sp³-hybridized carbons (Fsp3) is 0.389. The molecule has 1 atom stereocenters. The molecule has 1 aromatic heterocycles. The molecule has 0 spiro atoms. The molecule has 28 heavy (non-hydrogen) atoms. The lowest BCUT2D eigenvalue weighted by molar-refractivity contribution is -0.159. The van der Waals surface area contributed by atoms with Crippen molar-refractivity contribution in [3.05, 3.63) is 48.0 Å². The molecule has 1 saturated carbocycles. The Bertz CT molecular complexity index is 905. The van der Waals surface area contributed by atoms with Gasteiger partial charge in [0.2, 0.25) is 11.7 Å². The minimum atomic E-state index is -4.67. The first kappa shape index (κ1) is 18.5. The van der Waals surface area contributed by atoms with Crippen LogP contribution in [0.25, 0.3) is 11.4 Å². The molecule has 1 aliphatic carbocycles. The van der Waals surface area contributed by atoms with Gasteiger partial charge >= 0.3 is 12.1 Å². The molecule has 148 valence electrons. The molecule has 0 radical (unpaired) electrons. The van der Waals surface area contributed by atoms with E-state index in [2.05, 4.69) is 25.4 Å². The van der Waals surface area contributed by atoms with Gasteiger partial charge in [0.25, 0.3) is 0 Å². The van der Waals surface area contributed by atoms with Gasteiger partial charge < -0.3 is 14.8 Å². The highest BCUT2D eigenvalue weighted by Crippen LogP contribution is 2.29. The van der Waals surface area contributed by atoms with Crippen molar-refractivity contribution in [2.75, 3.05) is 0 Å². The van der Waals surface area contributed by atoms with Crippen LogP contribution in [-0.2, 0) is 17.5 Å². The van der Waals surface area contributed by atoms with Crippen LogP contribution < -0.4 is 10.7 Å². The third-order valence-corrected chi connectivity index (χ3v) is 4.58. The van der Waals surface area contributed by atoms with E-state index in [0.717, 1.165) is 18.4 Å². The van der Waals surface area contributed by atoms with Crippen molar-refractivity contribution in [3.63, 3.8) is 0 Å². The van der Waals surface area contributed by atoms with Gasteiger partial charge in [-0.05, 0) is 31.4 Å². The van der Waals surface area contributed by atoms with Crippen molar-refractivity contribution < 1.29 is 22.5 Å². The first-order chi connectivity index (χ1) is 13.2. The van der Waals surface area contributed by atoms with Crippen LogP contribution in [0.3, 0.4) is 0 Å². The summed E-state index contributed by atoms with van der Waals surface area (Å²) in [5.41, 5.74) is 3.67. The van der Waals surface area contributed by atoms with Gasteiger partial charge in [0.1, 0.15) is 5.54 Å². The van der Waals surface area contributed by atoms with E-state index in [9.17, 15) is 18.0 Å². The molecular formula is C18H18F3N5O2. The van der Waals surface area contributed by atoms with Crippen molar-refractivity contribution in [2.45, 2.75) is 44.1 Å². The van der Waals surface area contributed by atoms with Crippen LogP contribution in [0.2, 0.25) is 0 Å². The Morgan fingerprint density at radius 3 is 2.68 bits per heavy atom. The predicted octanol–water partition coefficient (Wildman–Crippen LogP) is 2.63. The molecule has 1 amide bonds. The molecule has 0 bridgehead atoms. The maximum Gasteiger partial charge on any atom is 0.471 e. The number of amides is 1. The van der Waals surface area contributed by atoms with E-state index in [1.807, 2.05) is 0 Å². The number of aromatic nitrogens is 2. The Balaban J connectivity index is 1.38. The van der Waals surface area contributed by atoms with Crippen molar-refractivity contribution in [1.29, 1.82) is 0 Å². The number of hydrazine groups is 1. The summed E-state index contributed by atoms with van der Waals surface area (Å²) in [5.74, 6) is -1.56. The Morgan fingerprint density at radius 1 is 1.36 bits per heavy atom. The lowest BCUT2D eigenvalue weighted by Gasteiger charge is -2.26. The molecule has 1 aliphatic heterocycles. The summed E-state index contributed by atoms with van der Waals surface area (Å²) < 4.78 is 41.9. The van der Waals surface area contributed by atoms with Gasteiger partial charge in [-0.25, -0.2) is 5.43 Å². The molecule has 1 fully saturated rings. The number of carbonyl (C=O) groups is 1. The number of benzene rings is 1. The van der Waals surface area contributed by atoms with Gasteiger partial charge in [0.05, 0.1) is 6.54 Å². The molecule has 2 aliphatic rings. The molecule has 1 aromatic carbocycles. The molecule has 7 nitrogen and oxygen atoms in total. The molecular weight excluding hydrogens is 375 g/mol. The summed E-state index contributed by atoms with van der Waals surface area (Å²) in [6, 6.07) is 7.05. The lowest BCUT2D eigenvalue weighted by atomic mass is 10.0. The Hall–Kier alpha value is -2.88. The number of rotatable bonds is 5. The first-order valence-electron chi connectivity index (χ1n) is 8.78.